The van der Waals surface area contributed by atoms with Crippen LogP contribution < -0.4 is 4.90 Å². The molecule has 1 aliphatic heterocycles. The first kappa shape index (κ1) is 19.9. The molecular weight excluding hydrogens is 382 g/mol. The van der Waals surface area contributed by atoms with Crippen molar-refractivity contribution in [1.29, 1.82) is 0 Å². The van der Waals surface area contributed by atoms with Crippen molar-refractivity contribution in [2.24, 2.45) is 5.92 Å². The number of piperidine rings is 1. The molecule has 2 heterocycles. The predicted molar refractivity (Wildman–Crippen MR) is 113 cm³/mol. The number of oxazole rings is 1. The molecule has 0 N–H and O–H groups in total. The van der Waals surface area contributed by atoms with E-state index in [0.29, 0.717) is 37.5 Å². The summed E-state index contributed by atoms with van der Waals surface area (Å²) < 4.78 is 11.5. The Kier molecular flexibility index (Phi) is 5.70. The Morgan fingerprint density at radius 3 is 2.40 bits per heavy atom. The fourth-order valence-corrected chi connectivity index (χ4v) is 3.64. The van der Waals surface area contributed by atoms with E-state index in [-0.39, 0.29) is 17.8 Å². The number of aromatic nitrogens is 1. The van der Waals surface area contributed by atoms with Crippen molar-refractivity contribution in [2.45, 2.75) is 18.9 Å². The highest BCUT2D eigenvalue weighted by atomic mass is 16.5. The zero-order valence-electron chi connectivity index (χ0n) is 17.2. The van der Waals surface area contributed by atoms with E-state index in [1.165, 1.54) is 4.90 Å². The molecule has 1 aromatic heterocycles. The number of ether oxygens (including phenoxy) is 1. The number of benzene rings is 2. The van der Waals surface area contributed by atoms with Crippen LogP contribution in [0, 0.1) is 5.92 Å². The zero-order chi connectivity index (χ0) is 21.1. The summed E-state index contributed by atoms with van der Waals surface area (Å²) in [4.78, 5) is 33.5. The largest absolute Gasteiger partial charge is 0.447 e. The third-order valence-corrected chi connectivity index (χ3v) is 5.38. The Labute approximate surface area is 175 Å². The lowest BCUT2D eigenvalue weighted by atomic mass is 9.97. The van der Waals surface area contributed by atoms with E-state index < -0.39 is 6.10 Å². The summed E-state index contributed by atoms with van der Waals surface area (Å²) in [5.41, 5.74) is 2.25. The van der Waals surface area contributed by atoms with Crippen LogP contribution in [-0.4, -0.2) is 48.9 Å². The molecule has 7 heteroatoms. The topological polar surface area (TPSA) is 75.9 Å². The van der Waals surface area contributed by atoms with Gasteiger partial charge in [-0.2, -0.15) is 4.98 Å². The highest BCUT2D eigenvalue weighted by molar-refractivity contribution is 5.85. The molecule has 0 saturated carbocycles. The van der Waals surface area contributed by atoms with Gasteiger partial charge in [-0.25, -0.2) is 0 Å². The van der Waals surface area contributed by atoms with Crippen LogP contribution in [0.25, 0.3) is 11.1 Å². The van der Waals surface area contributed by atoms with Crippen LogP contribution in [-0.2, 0) is 14.3 Å². The third-order valence-electron chi connectivity index (χ3n) is 5.38. The molecule has 0 aliphatic carbocycles. The van der Waals surface area contributed by atoms with E-state index in [4.69, 9.17) is 9.15 Å². The normalized spacial score (nSPS) is 15.7. The highest BCUT2D eigenvalue weighted by Crippen LogP contribution is 2.28. The molecule has 0 bridgehead atoms. The number of nitrogens with zero attached hydrogens (tertiary/aromatic N) is 3. The van der Waals surface area contributed by atoms with Crippen molar-refractivity contribution < 1.29 is 18.7 Å². The van der Waals surface area contributed by atoms with E-state index in [9.17, 15) is 9.59 Å². The molecule has 1 aliphatic rings. The first-order chi connectivity index (χ1) is 14.5. The van der Waals surface area contributed by atoms with Gasteiger partial charge < -0.3 is 19.0 Å². The maximum absolute atomic E-state index is 12.8. The summed E-state index contributed by atoms with van der Waals surface area (Å²) in [6.07, 6.45) is 0.313. The highest BCUT2D eigenvalue weighted by Gasteiger charge is 2.33. The van der Waals surface area contributed by atoms with Crippen LogP contribution >= 0.6 is 0 Å². The van der Waals surface area contributed by atoms with Gasteiger partial charge >= 0.3 is 5.97 Å². The number of amides is 1. The van der Waals surface area contributed by atoms with E-state index >= 15 is 0 Å². The Balaban J connectivity index is 1.41. The summed E-state index contributed by atoms with van der Waals surface area (Å²) in [6, 6.07) is 17.4. The van der Waals surface area contributed by atoms with Gasteiger partial charge in [-0.05, 0) is 25.0 Å². The second-order valence-corrected chi connectivity index (χ2v) is 7.69. The second-order valence-electron chi connectivity index (χ2n) is 7.69. The van der Waals surface area contributed by atoms with Gasteiger partial charge in [0.2, 0.25) is 6.10 Å². The molecule has 2 aromatic carbocycles. The van der Waals surface area contributed by atoms with Gasteiger partial charge in [0, 0.05) is 32.7 Å². The number of hydrogen-bond acceptors (Lipinski definition) is 6. The first-order valence-electron chi connectivity index (χ1n) is 10.1. The molecule has 156 valence electrons. The SMILES string of the molecule is CN(C)C(=O)[C@@H](OC(=O)C1CCN(c2nc3ccccc3o2)CC1)c1ccccc1. The average molecular weight is 407 g/mol. The van der Waals surface area contributed by atoms with Crippen LogP contribution in [0.2, 0.25) is 0 Å². The molecule has 1 atom stereocenters. The Morgan fingerprint density at radius 1 is 1.07 bits per heavy atom. The van der Waals surface area contributed by atoms with Gasteiger partial charge in [0.25, 0.3) is 11.9 Å². The smallest absolute Gasteiger partial charge is 0.310 e. The predicted octanol–water partition coefficient (Wildman–Crippen LogP) is 3.42. The van der Waals surface area contributed by atoms with Crippen molar-refractivity contribution in [3.8, 4) is 0 Å². The summed E-state index contributed by atoms with van der Waals surface area (Å²) in [5.74, 6) is -0.846. The minimum atomic E-state index is -0.927. The molecule has 0 unspecified atom stereocenters. The number of hydrogen-bond donors (Lipinski definition) is 0. The Hall–Kier alpha value is -3.35. The summed E-state index contributed by atoms with van der Waals surface area (Å²) in [7, 11) is 3.32. The van der Waals surface area contributed by atoms with Gasteiger partial charge in [0.15, 0.2) is 5.58 Å². The lowest BCUT2D eigenvalue weighted by molar-refractivity contribution is -0.163. The van der Waals surface area contributed by atoms with E-state index in [0.717, 1.165) is 11.1 Å². The number of carbonyl (C=O) groups is 2. The average Bonchev–Trinajstić information content (AvgIpc) is 3.22. The van der Waals surface area contributed by atoms with Crippen molar-refractivity contribution in [1.82, 2.24) is 9.88 Å². The van der Waals surface area contributed by atoms with E-state index in [1.54, 1.807) is 26.2 Å². The Bertz CT molecular complexity index is 990. The monoisotopic (exact) mass is 407 g/mol. The van der Waals surface area contributed by atoms with Gasteiger partial charge in [0.1, 0.15) is 5.52 Å². The standard InChI is InChI=1S/C23H25N3O4/c1-25(2)21(27)20(16-8-4-3-5-9-16)30-22(28)17-12-14-26(15-13-17)23-24-18-10-6-7-11-19(18)29-23/h3-11,17,20H,12-15H2,1-2H3/t20-/m0/s1. The van der Waals surface area contributed by atoms with Crippen LogP contribution in [0.1, 0.15) is 24.5 Å². The molecule has 1 saturated heterocycles. The van der Waals surface area contributed by atoms with Crippen LogP contribution in [0.15, 0.2) is 59.0 Å². The van der Waals surface area contributed by atoms with E-state index in [2.05, 4.69) is 4.98 Å². The molecule has 30 heavy (non-hydrogen) atoms. The van der Waals surface area contributed by atoms with Crippen molar-refractivity contribution >= 4 is 29.0 Å². The minimum Gasteiger partial charge on any atom is -0.447 e. The lowest BCUT2D eigenvalue weighted by Crippen LogP contribution is -2.38. The number of anilines is 1. The molecule has 1 fully saturated rings. The van der Waals surface area contributed by atoms with Gasteiger partial charge in [-0.3, -0.25) is 9.59 Å². The molecular formula is C23H25N3O4. The minimum absolute atomic E-state index is 0.251. The maximum Gasteiger partial charge on any atom is 0.310 e. The second kappa shape index (κ2) is 8.57. The summed E-state index contributed by atoms with van der Waals surface area (Å²) in [5, 5.41) is 0. The van der Waals surface area contributed by atoms with Gasteiger partial charge in [0.05, 0.1) is 5.92 Å². The first-order valence-corrected chi connectivity index (χ1v) is 10.1. The number of para-hydroxylation sites is 2. The molecule has 0 radical (unpaired) electrons. The lowest BCUT2D eigenvalue weighted by Gasteiger charge is -2.30. The van der Waals surface area contributed by atoms with E-state index in [1.807, 2.05) is 47.4 Å². The molecule has 7 nitrogen and oxygen atoms in total. The van der Waals surface area contributed by atoms with Crippen LogP contribution in [0.5, 0.6) is 0 Å². The van der Waals surface area contributed by atoms with Gasteiger partial charge in [-0.15, -0.1) is 0 Å². The van der Waals surface area contributed by atoms with Crippen molar-refractivity contribution in [3.05, 3.63) is 60.2 Å². The number of esters is 1. The van der Waals surface area contributed by atoms with Crippen molar-refractivity contribution in [2.75, 3.05) is 32.1 Å². The van der Waals surface area contributed by atoms with Crippen LogP contribution in [0.3, 0.4) is 0 Å². The summed E-state index contributed by atoms with van der Waals surface area (Å²) >= 11 is 0. The van der Waals surface area contributed by atoms with Gasteiger partial charge in [-0.1, -0.05) is 42.5 Å². The fourth-order valence-electron chi connectivity index (χ4n) is 3.64. The molecule has 1 amide bonds. The molecule has 3 aromatic rings. The summed E-state index contributed by atoms with van der Waals surface area (Å²) in [6.45, 7) is 1.29. The third kappa shape index (κ3) is 4.15. The number of carbonyl (C=O) groups excluding carboxylic acids is 2. The number of rotatable bonds is 5. The van der Waals surface area contributed by atoms with Crippen molar-refractivity contribution in [3.63, 3.8) is 0 Å². The van der Waals surface area contributed by atoms with Crippen LogP contribution in [0.4, 0.5) is 6.01 Å². The Morgan fingerprint density at radius 2 is 1.73 bits per heavy atom. The quantitative estimate of drug-likeness (QED) is 0.604. The number of fused-ring (bicyclic) bond motifs is 1. The molecule has 4 rings (SSSR count). The maximum atomic E-state index is 12.8. The zero-order valence-corrected chi connectivity index (χ0v) is 17.2. The molecule has 0 spiro atoms. The number of likely N-dealkylation sites (N-methyl/N-ethyl adjacent to an activating group) is 1. The fraction of sp³-hybridized carbons (Fsp3) is 0.348.